The van der Waals surface area contributed by atoms with Gasteiger partial charge in [0.25, 0.3) is 5.56 Å². The van der Waals surface area contributed by atoms with Gasteiger partial charge in [-0.05, 0) is 44.5 Å². The van der Waals surface area contributed by atoms with Crippen LogP contribution in [0.25, 0.3) is 16.6 Å². The lowest BCUT2D eigenvalue weighted by molar-refractivity contribution is -0.129. The van der Waals surface area contributed by atoms with Crippen molar-refractivity contribution in [1.82, 2.24) is 14.5 Å². The van der Waals surface area contributed by atoms with Crippen LogP contribution in [0.3, 0.4) is 0 Å². The van der Waals surface area contributed by atoms with Crippen LogP contribution in [-0.2, 0) is 4.79 Å². The largest absolute Gasteiger partial charge is 0.335 e. The number of amides is 1. The number of carbonyl (C=O) groups excluding carboxylic acids is 1. The Morgan fingerprint density at radius 1 is 1.22 bits per heavy atom. The molecule has 1 aromatic heterocycles. The molecule has 0 spiro atoms. The summed E-state index contributed by atoms with van der Waals surface area (Å²) in [5, 5.41) is 0.541. The topological polar surface area (TPSA) is 55.2 Å². The molecule has 2 aromatic carbocycles. The van der Waals surface area contributed by atoms with Crippen molar-refractivity contribution in [3.05, 3.63) is 69.8 Å². The van der Waals surface area contributed by atoms with Crippen LogP contribution >= 0.6 is 11.6 Å². The molecule has 1 heterocycles. The van der Waals surface area contributed by atoms with E-state index in [2.05, 4.69) is 0 Å². The number of nitrogens with zero attached hydrogens (tertiary/aromatic N) is 3. The monoisotopic (exact) mass is 383 g/mol. The third-order valence-corrected chi connectivity index (χ3v) is 5.09. The number of alkyl halides is 1. The molecule has 0 N–H and O–H groups in total. The number of carbonyl (C=O) groups is 1. The van der Waals surface area contributed by atoms with Gasteiger partial charge in [-0.1, -0.05) is 29.8 Å². The fourth-order valence-electron chi connectivity index (χ4n) is 3.20. The first-order valence-electron chi connectivity index (χ1n) is 8.76. The highest BCUT2D eigenvalue weighted by Crippen LogP contribution is 2.24. The average Bonchev–Trinajstić information content (AvgIpc) is 2.67. The molecule has 0 bridgehead atoms. The Labute approximate surface area is 163 Å². The molecule has 0 radical (unpaired) electrons. The molecular formula is C21H22ClN3O2. The van der Waals surface area contributed by atoms with Gasteiger partial charge < -0.3 is 4.90 Å². The molecule has 5 nitrogen and oxygen atoms in total. The Morgan fingerprint density at radius 3 is 2.59 bits per heavy atom. The maximum atomic E-state index is 13.3. The number of benzene rings is 2. The van der Waals surface area contributed by atoms with Gasteiger partial charge in [-0.25, -0.2) is 4.98 Å². The minimum atomic E-state index is -0.422. The van der Waals surface area contributed by atoms with E-state index in [9.17, 15) is 9.59 Å². The molecule has 3 aromatic rings. The van der Waals surface area contributed by atoms with Crippen molar-refractivity contribution in [2.75, 3.05) is 12.9 Å². The number of para-hydroxylation sites is 1. The zero-order valence-electron chi connectivity index (χ0n) is 15.9. The lowest BCUT2D eigenvalue weighted by Gasteiger charge is -2.27. The summed E-state index contributed by atoms with van der Waals surface area (Å²) in [6.45, 7) is 5.82. The summed E-state index contributed by atoms with van der Waals surface area (Å²) in [5.41, 5.74) is 3.30. The predicted molar refractivity (Wildman–Crippen MR) is 109 cm³/mol. The van der Waals surface area contributed by atoms with Crippen LogP contribution in [0.15, 0.2) is 47.3 Å². The molecule has 0 saturated heterocycles. The molecule has 1 atom stereocenters. The van der Waals surface area contributed by atoms with Gasteiger partial charge in [0.15, 0.2) is 0 Å². The van der Waals surface area contributed by atoms with Gasteiger partial charge in [0.1, 0.15) is 11.7 Å². The molecule has 0 saturated carbocycles. The molecular weight excluding hydrogens is 362 g/mol. The van der Waals surface area contributed by atoms with E-state index in [4.69, 9.17) is 16.6 Å². The first-order chi connectivity index (χ1) is 12.8. The predicted octanol–water partition coefficient (Wildman–Crippen LogP) is 3.76. The fourth-order valence-corrected chi connectivity index (χ4v) is 3.39. The van der Waals surface area contributed by atoms with Crippen molar-refractivity contribution in [2.24, 2.45) is 0 Å². The van der Waals surface area contributed by atoms with E-state index < -0.39 is 6.04 Å². The Bertz CT molecular complexity index is 1070. The van der Waals surface area contributed by atoms with Gasteiger partial charge in [-0.2, -0.15) is 0 Å². The van der Waals surface area contributed by atoms with E-state index >= 15 is 0 Å². The number of halogens is 1. The SMILES string of the molecule is Cc1ccc(-n2c(C(C)N(C)C(=O)CCl)nc3ccccc3c2=O)c(C)c1. The molecule has 27 heavy (non-hydrogen) atoms. The third-order valence-electron chi connectivity index (χ3n) is 4.86. The lowest BCUT2D eigenvalue weighted by Crippen LogP contribution is -2.35. The molecule has 0 aliphatic rings. The normalized spacial score (nSPS) is 12.2. The number of hydrogen-bond donors (Lipinski definition) is 0. The summed E-state index contributed by atoms with van der Waals surface area (Å²) in [6.07, 6.45) is 0. The minimum Gasteiger partial charge on any atom is -0.335 e. The van der Waals surface area contributed by atoms with Crippen LogP contribution in [0.2, 0.25) is 0 Å². The summed E-state index contributed by atoms with van der Waals surface area (Å²) in [6, 6.07) is 12.7. The number of fused-ring (bicyclic) bond motifs is 1. The van der Waals surface area contributed by atoms with Crippen LogP contribution in [-0.4, -0.2) is 33.3 Å². The molecule has 0 aliphatic carbocycles. The van der Waals surface area contributed by atoms with Crippen molar-refractivity contribution in [3.63, 3.8) is 0 Å². The van der Waals surface area contributed by atoms with Crippen LogP contribution < -0.4 is 5.56 Å². The van der Waals surface area contributed by atoms with Gasteiger partial charge in [0, 0.05) is 7.05 Å². The second-order valence-corrected chi connectivity index (χ2v) is 7.00. The third kappa shape index (κ3) is 3.47. The Hall–Kier alpha value is -2.66. The summed E-state index contributed by atoms with van der Waals surface area (Å²) in [5.74, 6) is 0.160. The Balaban J connectivity index is 2.34. The molecule has 3 rings (SSSR count). The summed E-state index contributed by atoms with van der Waals surface area (Å²) in [7, 11) is 1.67. The van der Waals surface area contributed by atoms with E-state index in [1.54, 1.807) is 17.7 Å². The lowest BCUT2D eigenvalue weighted by atomic mass is 10.1. The Morgan fingerprint density at radius 2 is 1.93 bits per heavy atom. The summed E-state index contributed by atoms with van der Waals surface area (Å²) < 4.78 is 1.61. The highest BCUT2D eigenvalue weighted by molar-refractivity contribution is 6.27. The van der Waals surface area contributed by atoms with E-state index in [0.29, 0.717) is 16.7 Å². The maximum absolute atomic E-state index is 13.3. The van der Waals surface area contributed by atoms with Crippen LogP contribution in [0.4, 0.5) is 0 Å². The molecule has 0 aliphatic heterocycles. The zero-order chi connectivity index (χ0) is 19.7. The number of hydrogen-bond acceptors (Lipinski definition) is 3. The molecule has 6 heteroatoms. The van der Waals surface area contributed by atoms with Crippen molar-refractivity contribution in [3.8, 4) is 5.69 Å². The highest BCUT2D eigenvalue weighted by Gasteiger charge is 2.24. The summed E-state index contributed by atoms with van der Waals surface area (Å²) >= 11 is 5.72. The van der Waals surface area contributed by atoms with E-state index in [1.807, 2.05) is 57.2 Å². The van der Waals surface area contributed by atoms with Crippen molar-refractivity contribution >= 4 is 28.4 Å². The second-order valence-electron chi connectivity index (χ2n) is 6.73. The van der Waals surface area contributed by atoms with Crippen LogP contribution in [0.1, 0.15) is 29.9 Å². The quantitative estimate of drug-likeness (QED) is 0.644. The first-order valence-corrected chi connectivity index (χ1v) is 9.29. The zero-order valence-corrected chi connectivity index (χ0v) is 16.6. The second kappa shape index (κ2) is 7.53. The highest BCUT2D eigenvalue weighted by atomic mass is 35.5. The molecule has 1 amide bonds. The standard InChI is InChI=1S/C21H22ClN3O2/c1-13-9-10-18(14(2)11-13)25-20(15(3)24(4)19(26)12-22)23-17-8-6-5-7-16(17)21(25)27/h5-11,15H,12H2,1-4H3. The maximum Gasteiger partial charge on any atom is 0.266 e. The van der Waals surface area contributed by atoms with Gasteiger partial charge in [0.05, 0.1) is 22.6 Å². The first kappa shape index (κ1) is 19.1. The molecule has 140 valence electrons. The number of aryl methyl sites for hydroxylation is 2. The van der Waals surface area contributed by atoms with E-state index in [1.165, 1.54) is 4.90 Å². The molecule has 0 fully saturated rings. The number of rotatable bonds is 4. The molecule has 1 unspecified atom stereocenters. The van der Waals surface area contributed by atoms with Gasteiger partial charge in [0.2, 0.25) is 5.91 Å². The average molecular weight is 384 g/mol. The van der Waals surface area contributed by atoms with Gasteiger partial charge in [-0.3, -0.25) is 14.2 Å². The van der Waals surface area contributed by atoms with E-state index in [0.717, 1.165) is 16.8 Å². The smallest absolute Gasteiger partial charge is 0.266 e. The Kier molecular flexibility index (Phi) is 5.33. The van der Waals surface area contributed by atoms with Crippen LogP contribution in [0.5, 0.6) is 0 Å². The van der Waals surface area contributed by atoms with Gasteiger partial charge >= 0.3 is 0 Å². The van der Waals surface area contributed by atoms with Crippen molar-refractivity contribution < 1.29 is 4.79 Å². The fraction of sp³-hybridized carbons (Fsp3) is 0.286. The number of aromatic nitrogens is 2. The van der Waals surface area contributed by atoms with E-state index in [-0.39, 0.29) is 17.3 Å². The van der Waals surface area contributed by atoms with Crippen LogP contribution in [0, 0.1) is 13.8 Å². The summed E-state index contributed by atoms with van der Waals surface area (Å²) in [4.78, 5) is 31.7. The van der Waals surface area contributed by atoms with Crippen molar-refractivity contribution in [1.29, 1.82) is 0 Å². The minimum absolute atomic E-state index is 0.123. The van der Waals surface area contributed by atoms with Gasteiger partial charge in [-0.15, -0.1) is 11.6 Å². The van der Waals surface area contributed by atoms with Crippen molar-refractivity contribution in [2.45, 2.75) is 26.8 Å².